The van der Waals surface area contributed by atoms with Gasteiger partial charge in [-0.3, -0.25) is 15.2 Å². The second-order valence-electron chi connectivity index (χ2n) is 9.47. The van der Waals surface area contributed by atoms with Crippen molar-refractivity contribution in [3.8, 4) is 0 Å². The largest absolute Gasteiger partial charge is 0.368 e. The van der Waals surface area contributed by atoms with E-state index in [-0.39, 0.29) is 6.03 Å². The summed E-state index contributed by atoms with van der Waals surface area (Å²) in [6.07, 6.45) is 3.55. The van der Waals surface area contributed by atoms with Gasteiger partial charge in [0.05, 0.1) is 0 Å². The van der Waals surface area contributed by atoms with Gasteiger partial charge in [-0.05, 0) is 67.4 Å². The molecular weight excluding hydrogens is 442 g/mol. The number of nitrogens with one attached hydrogen (secondary N) is 1. The third kappa shape index (κ3) is 5.37. The van der Waals surface area contributed by atoms with Gasteiger partial charge in [-0.1, -0.05) is 24.3 Å². The zero-order valence-electron chi connectivity index (χ0n) is 20.0. The minimum absolute atomic E-state index is 0.0688. The maximum absolute atomic E-state index is 12.6. The third-order valence-corrected chi connectivity index (χ3v) is 8.24. The molecule has 0 radical (unpaired) electrons. The Morgan fingerprint density at radius 1 is 0.971 bits per heavy atom. The normalized spacial score (nSPS) is 18.3. The van der Waals surface area contributed by atoms with Crippen LogP contribution >= 0.6 is 11.3 Å². The Kier molecular flexibility index (Phi) is 7.33. The molecule has 180 valence electrons. The first-order valence-corrected chi connectivity index (χ1v) is 13.3. The molecule has 5 rings (SSSR count). The first-order valence-electron chi connectivity index (χ1n) is 12.5. The van der Waals surface area contributed by atoms with E-state index in [2.05, 4.69) is 49.9 Å². The number of urea groups is 1. The van der Waals surface area contributed by atoms with Gasteiger partial charge >= 0.3 is 6.03 Å². The molecule has 2 amide bonds. The van der Waals surface area contributed by atoms with Gasteiger partial charge in [0.25, 0.3) is 0 Å². The van der Waals surface area contributed by atoms with E-state index in [0.717, 1.165) is 63.7 Å². The number of benzene rings is 2. The van der Waals surface area contributed by atoms with Crippen molar-refractivity contribution in [3.05, 3.63) is 60.0 Å². The summed E-state index contributed by atoms with van der Waals surface area (Å²) in [7, 11) is 1.82. The predicted molar refractivity (Wildman–Crippen MR) is 143 cm³/mol. The number of thiophene rings is 1. The number of carbonyl (C=O) groups excluding carboxylic acids is 1. The lowest BCUT2D eigenvalue weighted by molar-refractivity contribution is 0.123. The van der Waals surface area contributed by atoms with E-state index in [1.165, 1.54) is 28.7 Å². The summed E-state index contributed by atoms with van der Waals surface area (Å²) >= 11 is 1.83. The van der Waals surface area contributed by atoms with Crippen LogP contribution in [0.3, 0.4) is 0 Å². The summed E-state index contributed by atoms with van der Waals surface area (Å²) in [6, 6.07) is 18.6. The Morgan fingerprint density at radius 3 is 2.50 bits per heavy atom. The molecule has 2 aromatic carbocycles. The molecule has 2 saturated heterocycles. The molecule has 0 atom stereocenters. The molecule has 3 aromatic rings. The monoisotopic (exact) mass is 477 g/mol. The first-order chi connectivity index (χ1) is 16.7. The van der Waals surface area contributed by atoms with Crippen molar-refractivity contribution in [2.24, 2.45) is 5.92 Å². The van der Waals surface area contributed by atoms with Crippen molar-refractivity contribution >= 4 is 38.8 Å². The summed E-state index contributed by atoms with van der Waals surface area (Å²) in [5, 5.41) is 5.68. The fourth-order valence-electron chi connectivity index (χ4n) is 5.14. The number of nitrogens with zero attached hydrogens (tertiary/aromatic N) is 4. The number of anilines is 2. The molecule has 2 aliphatic rings. The fraction of sp³-hybridized carbons (Fsp3) is 0.444. The number of rotatable bonds is 6. The van der Waals surface area contributed by atoms with Crippen LogP contribution in [-0.2, 0) is 0 Å². The number of hydrogen-bond donors (Lipinski definition) is 1. The van der Waals surface area contributed by atoms with Crippen LogP contribution < -0.4 is 15.2 Å². The van der Waals surface area contributed by atoms with Gasteiger partial charge in [0.15, 0.2) is 0 Å². The van der Waals surface area contributed by atoms with Crippen LogP contribution in [0.2, 0.25) is 0 Å². The number of carbonyl (C=O) groups is 1. The topological polar surface area (TPSA) is 42.1 Å². The zero-order valence-corrected chi connectivity index (χ0v) is 20.8. The molecule has 1 aromatic heterocycles. The molecular formula is C27H35N5OS. The number of piperazine rings is 1. The van der Waals surface area contributed by atoms with Gasteiger partial charge in [-0.15, -0.1) is 11.3 Å². The van der Waals surface area contributed by atoms with E-state index in [1.807, 2.05) is 48.7 Å². The minimum Gasteiger partial charge on any atom is -0.368 e. The van der Waals surface area contributed by atoms with Gasteiger partial charge in [-0.2, -0.15) is 0 Å². The molecule has 0 unspecified atom stereocenters. The summed E-state index contributed by atoms with van der Waals surface area (Å²) in [4.78, 5) is 19.4. The van der Waals surface area contributed by atoms with Crippen molar-refractivity contribution in [1.82, 2.24) is 15.3 Å². The first kappa shape index (κ1) is 23.1. The quantitative estimate of drug-likeness (QED) is 0.549. The molecule has 34 heavy (non-hydrogen) atoms. The Balaban J connectivity index is 1.02. The smallest absolute Gasteiger partial charge is 0.336 e. The second-order valence-corrected chi connectivity index (χ2v) is 10.4. The molecule has 0 saturated carbocycles. The van der Waals surface area contributed by atoms with Gasteiger partial charge in [-0.25, -0.2) is 9.80 Å². The highest BCUT2D eigenvalue weighted by Crippen LogP contribution is 2.31. The second kappa shape index (κ2) is 10.8. The number of amides is 2. The molecule has 2 fully saturated rings. The highest BCUT2D eigenvalue weighted by Gasteiger charge is 2.24. The van der Waals surface area contributed by atoms with E-state index in [4.69, 9.17) is 0 Å². The summed E-state index contributed by atoms with van der Waals surface area (Å²) in [5.41, 5.74) is 5.38. The maximum atomic E-state index is 12.6. The SMILES string of the molecule is CN(C(=O)NN1CCC(CCN2CCN(c3cccc4sccc34)CC2)CC1)c1ccccc1. The van der Waals surface area contributed by atoms with Crippen LogP contribution in [0.5, 0.6) is 0 Å². The van der Waals surface area contributed by atoms with Crippen molar-refractivity contribution < 1.29 is 4.79 Å². The number of piperidine rings is 1. The molecule has 1 N–H and O–H groups in total. The lowest BCUT2D eigenvalue weighted by Gasteiger charge is -2.38. The zero-order chi connectivity index (χ0) is 23.3. The minimum atomic E-state index is -0.0688. The van der Waals surface area contributed by atoms with Gasteiger partial charge in [0.2, 0.25) is 0 Å². The Hall–Kier alpha value is -2.61. The molecule has 0 aliphatic carbocycles. The molecule has 3 heterocycles. The third-order valence-electron chi connectivity index (χ3n) is 7.36. The molecule has 2 aliphatic heterocycles. The lowest BCUT2D eigenvalue weighted by atomic mass is 9.94. The summed E-state index contributed by atoms with van der Waals surface area (Å²) in [6.45, 7) is 7.53. The van der Waals surface area contributed by atoms with Crippen molar-refractivity contribution in [3.63, 3.8) is 0 Å². The molecule has 0 spiro atoms. The van der Waals surface area contributed by atoms with Crippen LogP contribution in [0.25, 0.3) is 10.1 Å². The summed E-state index contributed by atoms with van der Waals surface area (Å²) in [5.74, 6) is 0.748. The molecule has 6 nitrogen and oxygen atoms in total. The van der Waals surface area contributed by atoms with Crippen molar-refractivity contribution in [1.29, 1.82) is 0 Å². The van der Waals surface area contributed by atoms with E-state index in [1.54, 1.807) is 4.90 Å². The van der Waals surface area contributed by atoms with E-state index in [9.17, 15) is 4.79 Å². The number of hydrogen-bond acceptors (Lipinski definition) is 5. The summed E-state index contributed by atoms with van der Waals surface area (Å²) < 4.78 is 1.38. The standard InChI is InChI=1S/C27H35N5OS/c1-29(23-6-3-2-4-7-23)27(33)28-32-15-11-22(12-16-32)10-14-30-17-19-31(20-18-30)25-8-5-9-26-24(25)13-21-34-26/h2-9,13,21-22H,10-12,14-20H2,1H3,(H,28,33). The highest BCUT2D eigenvalue weighted by molar-refractivity contribution is 7.17. The maximum Gasteiger partial charge on any atom is 0.336 e. The van der Waals surface area contributed by atoms with Crippen LogP contribution in [-0.4, -0.2) is 68.8 Å². The van der Waals surface area contributed by atoms with Gasteiger partial charge in [0, 0.05) is 67.8 Å². The van der Waals surface area contributed by atoms with Crippen LogP contribution in [0.1, 0.15) is 19.3 Å². The Bertz CT molecular complexity index is 1070. The van der Waals surface area contributed by atoms with E-state index >= 15 is 0 Å². The predicted octanol–water partition coefficient (Wildman–Crippen LogP) is 4.89. The highest BCUT2D eigenvalue weighted by atomic mass is 32.1. The van der Waals surface area contributed by atoms with Crippen molar-refractivity contribution in [2.75, 3.05) is 62.7 Å². The number of fused-ring (bicyclic) bond motifs is 1. The van der Waals surface area contributed by atoms with Crippen LogP contribution in [0.4, 0.5) is 16.2 Å². The molecule has 0 bridgehead atoms. The van der Waals surface area contributed by atoms with Gasteiger partial charge < -0.3 is 4.90 Å². The lowest BCUT2D eigenvalue weighted by Crippen LogP contribution is -2.51. The number of hydrazine groups is 1. The van der Waals surface area contributed by atoms with Crippen molar-refractivity contribution in [2.45, 2.75) is 19.3 Å². The Labute approximate surface area is 206 Å². The number of para-hydroxylation sites is 1. The van der Waals surface area contributed by atoms with Gasteiger partial charge in [0.1, 0.15) is 0 Å². The average Bonchev–Trinajstić information content (AvgIpc) is 3.38. The Morgan fingerprint density at radius 2 is 1.74 bits per heavy atom. The molecule has 7 heteroatoms. The van der Waals surface area contributed by atoms with Crippen LogP contribution in [0, 0.1) is 5.92 Å². The van der Waals surface area contributed by atoms with E-state index < -0.39 is 0 Å². The average molecular weight is 478 g/mol. The van der Waals surface area contributed by atoms with E-state index in [0.29, 0.717) is 0 Å². The van der Waals surface area contributed by atoms with Crippen LogP contribution in [0.15, 0.2) is 60.0 Å². The fourth-order valence-corrected chi connectivity index (χ4v) is 5.95.